The second-order valence-electron chi connectivity index (χ2n) is 3.74. The Bertz CT molecular complexity index is 284. The van der Waals surface area contributed by atoms with Crippen LogP contribution < -0.4 is 0 Å². The zero-order valence-corrected chi connectivity index (χ0v) is 7.95. The van der Waals surface area contributed by atoms with Gasteiger partial charge in [0.15, 0.2) is 0 Å². The Morgan fingerprint density at radius 2 is 1.33 bits per heavy atom. The summed E-state index contributed by atoms with van der Waals surface area (Å²) in [6.45, 7) is 0. The summed E-state index contributed by atoms with van der Waals surface area (Å²) in [6.07, 6.45) is 2.10. The van der Waals surface area contributed by atoms with E-state index in [9.17, 15) is 13.7 Å². The molecule has 0 saturated heterocycles. The van der Waals surface area contributed by atoms with Crippen molar-refractivity contribution in [1.29, 1.82) is 0 Å². The molecular weight excluding hydrogens is 176 g/mol. The first-order valence-electron chi connectivity index (χ1n) is 3.48. The summed E-state index contributed by atoms with van der Waals surface area (Å²) in [7, 11) is -4.93. The van der Waals surface area contributed by atoms with Crippen LogP contribution in [0.3, 0.4) is 0 Å². The van der Waals surface area contributed by atoms with Crippen molar-refractivity contribution >= 4 is 9.14 Å². The van der Waals surface area contributed by atoms with E-state index >= 15 is 0 Å². The quantitative estimate of drug-likeness (QED) is 0.638. The van der Waals surface area contributed by atoms with Crippen LogP contribution >= 0.6 is 9.14 Å². The van der Waals surface area contributed by atoms with Gasteiger partial charge in [0, 0.05) is 17.4 Å². The Morgan fingerprint density at radius 1 is 0.917 bits per heavy atom. The Morgan fingerprint density at radius 3 is 1.58 bits per heavy atom. The molecule has 1 rings (SSSR count). The highest BCUT2D eigenvalue weighted by Gasteiger charge is 2.44. The maximum absolute atomic E-state index is 9.65. The largest absolute Gasteiger partial charge is 0.325 e. The highest BCUT2D eigenvalue weighted by molar-refractivity contribution is 8.51. The minimum atomic E-state index is -4.93. The van der Waals surface area contributed by atoms with E-state index in [1.54, 1.807) is 18.2 Å². The molecule has 12 heavy (non-hydrogen) atoms. The molecule has 0 amide bonds. The lowest BCUT2D eigenvalue weighted by atomic mass is 10.4. The van der Waals surface area contributed by atoms with Crippen molar-refractivity contribution in [3.8, 4) is 0 Å². The van der Waals surface area contributed by atoms with E-state index in [0.29, 0.717) is 0 Å². The van der Waals surface area contributed by atoms with Crippen molar-refractivity contribution in [1.82, 2.24) is 0 Å². The third kappa shape index (κ3) is 2.22. The summed E-state index contributed by atoms with van der Waals surface area (Å²) >= 11 is 0. The van der Waals surface area contributed by atoms with E-state index in [1.165, 1.54) is 12.1 Å². The highest BCUT2D eigenvalue weighted by Crippen LogP contribution is 2.79. The van der Waals surface area contributed by atoms with Crippen LogP contribution in [0.15, 0.2) is 35.2 Å². The van der Waals surface area contributed by atoms with Gasteiger partial charge in [0.05, 0.1) is 0 Å². The van der Waals surface area contributed by atoms with E-state index in [0.717, 1.165) is 12.5 Å². The number of hydrogen-bond donors (Lipinski definition) is 3. The van der Waals surface area contributed by atoms with Gasteiger partial charge in [-0.25, -0.2) is 0 Å². The summed E-state index contributed by atoms with van der Waals surface area (Å²) in [6, 6.07) is 8.01. The van der Waals surface area contributed by atoms with Crippen LogP contribution in [0.25, 0.3) is 0 Å². The monoisotopic (exact) mass is 190 g/mol. The molecule has 3 nitrogen and oxygen atoms in total. The topological polar surface area (TPSA) is 60.7 Å². The SMILES string of the molecule is CS(C)(O)(O)(O)c1ccccc1. The van der Waals surface area contributed by atoms with Crippen molar-refractivity contribution in [2.45, 2.75) is 4.90 Å². The molecule has 0 saturated carbocycles. The normalized spacial score (nSPS) is 18.1. The molecule has 0 aliphatic heterocycles. The Kier molecular flexibility index (Phi) is 1.47. The molecule has 0 aliphatic carbocycles. The molecular formula is C8H14O3S. The van der Waals surface area contributed by atoms with Crippen LogP contribution in [0.2, 0.25) is 0 Å². The zero-order chi connectivity index (χ0) is 9.52. The smallest absolute Gasteiger partial charge is 0.0364 e. The molecule has 70 valence electrons. The molecule has 0 spiro atoms. The average molecular weight is 190 g/mol. The van der Waals surface area contributed by atoms with Gasteiger partial charge in [-0.3, -0.25) is 0 Å². The lowest BCUT2D eigenvalue weighted by molar-refractivity contribution is 0.320. The van der Waals surface area contributed by atoms with E-state index < -0.39 is 9.14 Å². The summed E-state index contributed by atoms with van der Waals surface area (Å²) in [4.78, 5) is 0.150. The van der Waals surface area contributed by atoms with Crippen molar-refractivity contribution in [2.75, 3.05) is 12.5 Å². The third-order valence-corrected chi connectivity index (χ3v) is 3.38. The van der Waals surface area contributed by atoms with Gasteiger partial charge in [-0.2, -0.15) is 0 Å². The molecule has 1 aromatic carbocycles. The van der Waals surface area contributed by atoms with E-state index in [4.69, 9.17) is 0 Å². The highest BCUT2D eigenvalue weighted by atomic mass is 32.4. The zero-order valence-electron chi connectivity index (χ0n) is 7.14. The van der Waals surface area contributed by atoms with Crippen molar-refractivity contribution < 1.29 is 13.7 Å². The van der Waals surface area contributed by atoms with Gasteiger partial charge >= 0.3 is 0 Å². The second-order valence-corrected chi connectivity index (χ2v) is 9.08. The summed E-state index contributed by atoms with van der Waals surface area (Å²) in [5, 5.41) is 0. The number of benzene rings is 1. The molecule has 0 atom stereocenters. The predicted octanol–water partition coefficient (Wildman–Crippen LogP) is 2.60. The maximum Gasteiger partial charge on any atom is 0.0364 e. The number of rotatable bonds is 1. The number of hydrogen-bond acceptors (Lipinski definition) is 3. The maximum atomic E-state index is 9.65. The summed E-state index contributed by atoms with van der Waals surface area (Å²) in [5.74, 6) is 0. The van der Waals surface area contributed by atoms with Crippen LogP contribution in [-0.4, -0.2) is 26.2 Å². The van der Waals surface area contributed by atoms with Crippen molar-refractivity contribution in [3.63, 3.8) is 0 Å². The fourth-order valence-electron chi connectivity index (χ4n) is 0.875. The lowest BCUT2D eigenvalue weighted by Gasteiger charge is -2.61. The predicted molar refractivity (Wildman–Crippen MR) is 52.0 cm³/mol. The van der Waals surface area contributed by atoms with Gasteiger partial charge in [0.25, 0.3) is 0 Å². The minimum Gasteiger partial charge on any atom is -0.325 e. The first-order chi connectivity index (χ1) is 5.09. The van der Waals surface area contributed by atoms with Gasteiger partial charge in [-0.15, -0.1) is 0 Å². The van der Waals surface area contributed by atoms with E-state index in [2.05, 4.69) is 0 Å². The molecule has 0 fully saturated rings. The fourth-order valence-corrected chi connectivity index (χ4v) is 1.94. The van der Waals surface area contributed by atoms with Crippen molar-refractivity contribution in [2.24, 2.45) is 0 Å². The van der Waals surface area contributed by atoms with Gasteiger partial charge in [-0.1, -0.05) is 18.2 Å². The molecule has 0 aliphatic rings. The van der Waals surface area contributed by atoms with Gasteiger partial charge in [0.1, 0.15) is 0 Å². The Hall–Kier alpha value is -0.550. The molecule has 3 N–H and O–H groups in total. The Balaban J connectivity index is 3.36. The van der Waals surface area contributed by atoms with E-state index in [-0.39, 0.29) is 4.90 Å². The first kappa shape index (κ1) is 9.54. The van der Waals surface area contributed by atoms with Crippen LogP contribution in [0, 0.1) is 0 Å². The summed E-state index contributed by atoms with van der Waals surface area (Å²) < 4.78 is 28.9. The van der Waals surface area contributed by atoms with Gasteiger partial charge in [-0.05, 0) is 21.3 Å². The van der Waals surface area contributed by atoms with Crippen LogP contribution in [0.4, 0.5) is 0 Å². The molecule has 0 radical (unpaired) electrons. The third-order valence-electron chi connectivity index (χ3n) is 1.53. The molecule has 1 aromatic rings. The molecule has 0 bridgehead atoms. The molecule has 4 heteroatoms. The first-order valence-corrected chi connectivity index (χ1v) is 6.62. The molecule has 0 heterocycles. The average Bonchev–Trinajstić information content (AvgIpc) is 1.85. The van der Waals surface area contributed by atoms with Gasteiger partial charge < -0.3 is 13.7 Å². The molecule has 0 aromatic heterocycles. The Labute approximate surface area is 71.2 Å². The standard InChI is InChI=1S/C8H14O3S/c1-12(2,9,10,11)8-6-4-3-5-7-8/h3-7,9-11H,1-2H3. The van der Waals surface area contributed by atoms with Crippen molar-refractivity contribution in [3.05, 3.63) is 30.3 Å². The van der Waals surface area contributed by atoms with E-state index in [1.807, 2.05) is 0 Å². The van der Waals surface area contributed by atoms with Crippen LogP contribution in [0.1, 0.15) is 0 Å². The van der Waals surface area contributed by atoms with Crippen LogP contribution in [0.5, 0.6) is 0 Å². The summed E-state index contributed by atoms with van der Waals surface area (Å²) in [5.41, 5.74) is 0. The van der Waals surface area contributed by atoms with Gasteiger partial charge in [0.2, 0.25) is 0 Å². The second kappa shape index (κ2) is 1.85. The fraction of sp³-hybridized carbons (Fsp3) is 0.250. The minimum absolute atomic E-state index is 0.150. The van der Waals surface area contributed by atoms with Crippen LogP contribution in [-0.2, 0) is 0 Å². The lowest BCUT2D eigenvalue weighted by Crippen LogP contribution is -2.31. The molecule has 0 unspecified atom stereocenters.